The molecule has 1 aliphatic rings. The minimum Gasteiger partial charge on any atom is -0.284 e. The van der Waals surface area contributed by atoms with E-state index in [4.69, 9.17) is 11.6 Å². The Hall–Kier alpha value is -2.95. The largest absolute Gasteiger partial charge is 0.284 e. The van der Waals surface area contributed by atoms with Gasteiger partial charge in [0.2, 0.25) is 10.0 Å². The van der Waals surface area contributed by atoms with E-state index in [1.54, 1.807) is 24.3 Å². The monoisotopic (exact) mass is 521 g/mol. The Kier molecular flexibility index (Phi) is 6.66. The van der Waals surface area contributed by atoms with E-state index in [0.717, 1.165) is 4.41 Å². The summed E-state index contributed by atoms with van der Waals surface area (Å²) in [7, 11) is -7.55. The summed E-state index contributed by atoms with van der Waals surface area (Å²) >= 11 is 5.91. The first-order valence-corrected chi connectivity index (χ1v) is 13.8. The van der Waals surface area contributed by atoms with Gasteiger partial charge in [-0.3, -0.25) is 4.72 Å². The Morgan fingerprint density at radius 3 is 2.35 bits per heavy atom. The third kappa shape index (κ3) is 5.08. The first-order valence-electron chi connectivity index (χ1n) is 10.3. The predicted octanol–water partition coefficient (Wildman–Crippen LogP) is 4.78. The zero-order valence-electron chi connectivity index (χ0n) is 18.0. The lowest BCUT2D eigenvalue weighted by molar-refractivity contribution is 0.371. The Labute approximate surface area is 203 Å². The molecule has 1 atom stereocenters. The molecule has 178 valence electrons. The molecule has 0 saturated heterocycles. The van der Waals surface area contributed by atoms with Crippen LogP contribution in [0.2, 0.25) is 5.02 Å². The molecule has 0 spiro atoms. The number of benzene rings is 3. The minimum absolute atomic E-state index is 0.0125. The number of hydrogen-bond donors (Lipinski definition) is 1. The molecule has 0 unspecified atom stereocenters. The highest BCUT2D eigenvalue weighted by Gasteiger charge is 2.37. The maximum absolute atomic E-state index is 13.5. The first kappa shape index (κ1) is 24.2. The summed E-state index contributed by atoms with van der Waals surface area (Å²) in [5, 5.41) is 4.82. The fourth-order valence-electron chi connectivity index (χ4n) is 3.55. The van der Waals surface area contributed by atoms with Crippen molar-refractivity contribution in [1.82, 2.24) is 4.41 Å². The van der Waals surface area contributed by atoms with E-state index in [-0.39, 0.29) is 17.1 Å². The molecular weight excluding hydrogens is 501 g/mol. The number of nitrogens with zero attached hydrogens (tertiary/aromatic N) is 2. The molecule has 1 heterocycles. The van der Waals surface area contributed by atoms with Crippen molar-refractivity contribution in [2.24, 2.45) is 5.10 Å². The molecule has 1 aliphatic heterocycles. The summed E-state index contributed by atoms with van der Waals surface area (Å²) in [4.78, 5) is 0.0125. The van der Waals surface area contributed by atoms with Gasteiger partial charge in [-0.25, -0.2) is 12.8 Å². The molecule has 11 heteroatoms. The van der Waals surface area contributed by atoms with Gasteiger partial charge in [0, 0.05) is 17.1 Å². The van der Waals surface area contributed by atoms with E-state index >= 15 is 0 Å². The van der Waals surface area contributed by atoms with E-state index in [1.807, 2.05) is 0 Å². The molecular formula is C23H21ClFN3O4S2. The molecule has 0 saturated carbocycles. The molecule has 3 aromatic rings. The topological polar surface area (TPSA) is 95.9 Å². The number of nitrogens with one attached hydrogen (secondary N) is 1. The highest BCUT2D eigenvalue weighted by molar-refractivity contribution is 7.92. The van der Waals surface area contributed by atoms with Crippen molar-refractivity contribution in [2.45, 2.75) is 24.3 Å². The Bertz CT molecular complexity index is 1440. The average Bonchev–Trinajstić information content (AvgIpc) is 3.26. The van der Waals surface area contributed by atoms with Gasteiger partial charge in [0.05, 0.1) is 22.4 Å². The van der Waals surface area contributed by atoms with E-state index in [1.165, 1.54) is 55.5 Å². The molecule has 0 radical (unpaired) electrons. The van der Waals surface area contributed by atoms with Crippen molar-refractivity contribution in [1.29, 1.82) is 0 Å². The molecule has 0 fully saturated rings. The van der Waals surface area contributed by atoms with Gasteiger partial charge in [0.25, 0.3) is 10.0 Å². The van der Waals surface area contributed by atoms with Crippen molar-refractivity contribution < 1.29 is 21.2 Å². The number of hydrazone groups is 1. The predicted molar refractivity (Wildman–Crippen MR) is 130 cm³/mol. The van der Waals surface area contributed by atoms with Crippen LogP contribution in [-0.4, -0.2) is 32.7 Å². The summed E-state index contributed by atoms with van der Waals surface area (Å²) in [6.07, 6.45) is 0.211. The summed E-state index contributed by atoms with van der Waals surface area (Å²) in [5.74, 6) is -0.524. The van der Waals surface area contributed by atoms with Crippen LogP contribution < -0.4 is 4.72 Å². The van der Waals surface area contributed by atoms with Crippen LogP contribution in [-0.2, 0) is 20.0 Å². The van der Waals surface area contributed by atoms with Gasteiger partial charge < -0.3 is 0 Å². The molecule has 0 aromatic heterocycles. The fraction of sp³-hybridized carbons (Fsp3) is 0.174. The quantitative estimate of drug-likeness (QED) is 0.484. The van der Waals surface area contributed by atoms with Crippen molar-refractivity contribution in [2.75, 3.05) is 10.5 Å². The second kappa shape index (κ2) is 9.36. The number of sulfonamides is 2. The molecule has 3 aromatic carbocycles. The zero-order chi connectivity index (χ0) is 24.5. The SMILES string of the molecule is CCS(=O)(=O)Nc1cccc(C2=NN(S(=O)(=O)c3ccc(Cl)cc3)[C@@H](c3ccc(F)cc3)C2)c1. The van der Waals surface area contributed by atoms with Gasteiger partial charge in [0.15, 0.2) is 0 Å². The van der Waals surface area contributed by atoms with Gasteiger partial charge in [0.1, 0.15) is 5.82 Å². The molecule has 1 N–H and O–H groups in total. The third-order valence-corrected chi connectivity index (χ3v) is 8.59. The molecule has 0 bridgehead atoms. The maximum atomic E-state index is 13.5. The van der Waals surface area contributed by atoms with Gasteiger partial charge in [-0.15, -0.1) is 0 Å². The van der Waals surface area contributed by atoms with Crippen LogP contribution >= 0.6 is 11.6 Å². The smallest absolute Gasteiger partial charge is 0.279 e. The summed E-state index contributed by atoms with van der Waals surface area (Å²) in [6.45, 7) is 1.53. The first-order chi connectivity index (χ1) is 16.1. The van der Waals surface area contributed by atoms with Crippen LogP contribution in [0.5, 0.6) is 0 Å². The Morgan fingerprint density at radius 2 is 1.71 bits per heavy atom. The van der Waals surface area contributed by atoms with E-state index in [2.05, 4.69) is 9.82 Å². The van der Waals surface area contributed by atoms with Crippen molar-refractivity contribution in [3.05, 3.63) is 94.8 Å². The third-order valence-electron chi connectivity index (χ3n) is 5.33. The van der Waals surface area contributed by atoms with Gasteiger partial charge >= 0.3 is 0 Å². The Balaban J connectivity index is 1.76. The maximum Gasteiger partial charge on any atom is 0.279 e. The highest BCUT2D eigenvalue weighted by atomic mass is 35.5. The lowest BCUT2D eigenvalue weighted by Crippen LogP contribution is -2.27. The van der Waals surface area contributed by atoms with Crippen molar-refractivity contribution in [3.63, 3.8) is 0 Å². The molecule has 4 rings (SSSR count). The van der Waals surface area contributed by atoms with E-state index < -0.39 is 31.9 Å². The number of anilines is 1. The van der Waals surface area contributed by atoms with Gasteiger partial charge in [-0.1, -0.05) is 35.9 Å². The van der Waals surface area contributed by atoms with Crippen LogP contribution in [0.1, 0.15) is 30.5 Å². The second-order valence-electron chi connectivity index (χ2n) is 7.64. The fourth-order valence-corrected chi connectivity index (χ4v) is 5.74. The average molecular weight is 522 g/mol. The van der Waals surface area contributed by atoms with Crippen LogP contribution in [0.15, 0.2) is 82.8 Å². The van der Waals surface area contributed by atoms with Crippen LogP contribution in [0.25, 0.3) is 0 Å². The van der Waals surface area contributed by atoms with Crippen LogP contribution in [0, 0.1) is 5.82 Å². The van der Waals surface area contributed by atoms with Crippen LogP contribution in [0.4, 0.5) is 10.1 Å². The summed E-state index contributed by atoms with van der Waals surface area (Å²) in [6, 6.07) is 17.2. The molecule has 0 aliphatic carbocycles. The van der Waals surface area contributed by atoms with E-state index in [0.29, 0.717) is 27.5 Å². The lowest BCUT2D eigenvalue weighted by Gasteiger charge is -2.23. The summed E-state index contributed by atoms with van der Waals surface area (Å²) in [5.41, 5.74) is 1.93. The second-order valence-corrected chi connectivity index (χ2v) is 11.9. The molecule has 7 nitrogen and oxygen atoms in total. The number of rotatable bonds is 7. The van der Waals surface area contributed by atoms with E-state index in [9.17, 15) is 21.2 Å². The Morgan fingerprint density at radius 1 is 1.03 bits per heavy atom. The molecule has 34 heavy (non-hydrogen) atoms. The van der Waals surface area contributed by atoms with Crippen molar-refractivity contribution in [3.8, 4) is 0 Å². The summed E-state index contributed by atoms with van der Waals surface area (Å²) < 4.78 is 67.9. The van der Waals surface area contributed by atoms with Gasteiger partial charge in [-0.2, -0.15) is 17.9 Å². The molecule has 0 amide bonds. The standard InChI is InChI=1S/C23H21ClFN3O4S2/c1-2-33(29,30)27-20-5-3-4-17(14-20)22-15-23(16-6-10-19(25)11-7-16)28(26-22)34(31,32)21-12-8-18(24)9-13-21/h3-14,23,27H,2,15H2,1H3/t23-/m1/s1. The highest BCUT2D eigenvalue weighted by Crippen LogP contribution is 2.37. The zero-order valence-corrected chi connectivity index (χ0v) is 20.4. The minimum atomic E-state index is -4.06. The number of hydrogen-bond acceptors (Lipinski definition) is 5. The normalized spacial score (nSPS) is 16.4. The lowest BCUT2D eigenvalue weighted by atomic mass is 9.99. The number of halogens is 2. The van der Waals surface area contributed by atoms with Crippen molar-refractivity contribution >= 4 is 43.0 Å². The van der Waals surface area contributed by atoms with Gasteiger partial charge in [-0.05, 0) is 66.6 Å². The van der Waals surface area contributed by atoms with Crippen LogP contribution in [0.3, 0.4) is 0 Å².